The van der Waals surface area contributed by atoms with Crippen LogP contribution in [0.1, 0.15) is 33.9 Å². The molecule has 0 spiro atoms. The number of aromatic amines is 1. The molecule has 2 aromatic rings. The Morgan fingerprint density at radius 2 is 2.07 bits per heavy atom. The van der Waals surface area contributed by atoms with Crippen LogP contribution in [0.25, 0.3) is 0 Å². The number of amides is 2. The molecule has 1 atom stereocenters. The SMILES string of the molecule is CC(=O)N1CCSC1c1cc(C(=O)NCc2ccc(F)cc2)c(O)c(=O)[nH]1. The smallest absolute Gasteiger partial charge is 0.291 e. The highest BCUT2D eigenvalue weighted by atomic mass is 32.2. The number of carbonyl (C=O) groups excluding carboxylic acids is 2. The molecule has 142 valence electrons. The first-order valence-corrected chi connectivity index (χ1v) is 9.29. The standard InChI is InChI=1S/C18H18FN3O4S/c1-10(23)22-6-7-27-18(22)14-8-13(15(24)17(26)21-14)16(25)20-9-11-2-4-12(19)5-3-11/h2-5,8,18,24H,6-7,9H2,1H3,(H,20,25)(H,21,26). The van der Waals surface area contributed by atoms with Crippen molar-refractivity contribution in [1.29, 1.82) is 0 Å². The van der Waals surface area contributed by atoms with Gasteiger partial charge in [0.1, 0.15) is 11.2 Å². The van der Waals surface area contributed by atoms with E-state index >= 15 is 0 Å². The number of hydrogen-bond acceptors (Lipinski definition) is 5. The molecule has 27 heavy (non-hydrogen) atoms. The third kappa shape index (κ3) is 4.13. The summed E-state index contributed by atoms with van der Waals surface area (Å²) in [6.07, 6.45) is 0. The molecule has 3 rings (SSSR count). The van der Waals surface area contributed by atoms with Gasteiger partial charge in [-0.1, -0.05) is 12.1 Å². The first kappa shape index (κ1) is 19.0. The topological polar surface area (TPSA) is 102 Å². The van der Waals surface area contributed by atoms with Crippen molar-refractivity contribution in [2.24, 2.45) is 0 Å². The maximum absolute atomic E-state index is 12.9. The van der Waals surface area contributed by atoms with Crippen molar-refractivity contribution < 1.29 is 19.1 Å². The van der Waals surface area contributed by atoms with Gasteiger partial charge in [-0.25, -0.2) is 4.39 Å². The molecule has 3 N–H and O–H groups in total. The van der Waals surface area contributed by atoms with Crippen molar-refractivity contribution >= 4 is 23.6 Å². The lowest BCUT2D eigenvalue weighted by molar-refractivity contribution is -0.129. The zero-order valence-corrected chi connectivity index (χ0v) is 15.3. The minimum Gasteiger partial charge on any atom is -0.502 e. The fraction of sp³-hybridized carbons (Fsp3) is 0.278. The fourth-order valence-electron chi connectivity index (χ4n) is 2.81. The highest BCUT2D eigenvalue weighted by Crippen LogP contribution is 2.37. The summed E-state index contributed by atoms with van der Waals surface area (Å²) in [6.45, 7) is 2.09. The van der Waals surface area contributed by atoms with E-state index in [1.165, 1.54) is 49.0 Å². The Balaban J connectivity index is 1.83. The summed E-state index contributed by atoms with van der Waals surface area (Å²) in [5.74, 6) is -1.14. The predicted octanol–water partition coefficient (Wildman–Crippen LogP) is 1.74. The number of carbonyl (C=O) groups is 2. The molecule has 2 heterocycles. The minimum atomic E-state index is -0.796. The van der Waals surface area contributed by atoms with Gasteiger partial charge >= 0.3 is 0 Å². The molecule has 1 aliphatic heterocycles. The number of nitrogens with one attached hydrogen (secondary N) is 2. The average Bonchev–Trinajstić information content (AvgIpc) is 3.13. The van der Waals surface area contributed by atoms with E-state index in [2.05, 4.69) is 10.3 Å². The number of H-pyrrole nitrogens is 1. The quantitative estimate of drug-likeness (QED) is 0.737. The first-order chi connectivity index (χ1) is 12.9. The van der Waals surface area contributed by atoms with Crippen molar-refractivity contribution in [3.63, 3.8) is 0 Å². The molecule has 0 aliphatic carbocycles. The maximum Gasteiger partial charge on any atom is 0.291 e. The Labute approximate surface area is 158 Å². The number of halogens is 1. The molecule has 0 saturated carbocycles. The molecule has 0 radical (unpaired) electrons. The highest BCUT2D eigenvalue weighted by Gasteiger charge is 2.30. The van der Waals surface area contributed by atoms with Crippen molar-refractivity contribution in [2.45, 2.75) is 18.8 Å². The third-order valence-electron chi connectivity index (χ3n) is 4.20. The minimum absolute atomic E-state index is 0.110. The Hall–Kier alpha value is -2.81. The van der Waals surface area contributed by atoms with Crippen LogP contribution in [0.4, 0.5) is 4.39 Å². The van der Waals surface area contributed by atoms with Gasteiger partial charge in [0.2, 0.25) is 5.91 Å². The second-order valence-corrected chi connectivity index (χ2v) is 7.25. The van der Waals surface area contributed by atoms with Crippen LogP contribution in [0.15, 0.2) is 35.1 Å². The lowest BCUT2D eigenvalue weighted by Gasteiger charge is -2.22. The van der Waals surface area contributed by atoms with E-state index in [1.807, 2.05) is 0 Å². The number of hydrogen-bond donors (Lipinski definition) is 3. The fourth-order valence-corrected chi connectivity index (χ4v) is 4.07. The van der Waals surface area contributed by atoms with Crippen molar-refractivity contribution in [2.75, 3.05) is 12.3 Å². The van der Waals surface area contributed by atoms with Crippen molar-refractivity contribution in [3.8, 4) is 5.75 Å². The van der Waals surface area contributed by atoms with Crippen LogP contribution in [0.2, 0.25) is 0 Å². The number of benzene rings is 1. The normalized spacial score (nSPS) is 16.4. The molecule has 1 aliphatic rings. The van der Waals surface area contributed by atoms with Gasteiger partial charge in [0.15, 0.2) is 5.75 Å². The molecule has 1 saturated heterocycles. The van der Waals surface area contributed by atoms with Crippen LogP contribution in [0.3, 0.4) is 0 Å². The van der Waals surface area contributed by atoms with Crippen LogP contribution >= 0.6 is 11.8 Å². The molecule has 7 nitrogen and oxygen atoms in total. The Morgan fingerprint density at radius 1 is 1.37 bits per heavy atom. The van der Waals surface area contributed by atoms with E-state index in [-0.39, 0.29) is 23.8 Å². The van der Waals surface area contributed by atoms with Gasteiger partial charge in [-0.05, 0) is 23.8 Å². The summed E-state index contributed by atoms with van der Waals surface area (Å²) in [7, 11) is 0. The second kappa shape index (κ2) is 7.83. The highest BCUT2D eigenvalue weighted by molar-refractivity contribution is 7.99. The van der Waals surface area contributed by atoms with E-state index in [9.17, 15) is 23.9 Å². The van der Waals surface area contributed by atoms with Gasteiger partial charge in [-0.15, -0.1) is 11.8 Å². The Bertz CT molecular complexity index is 929. The molecule has 0 bridgehead atoms. The van der Waals surface area contributed by atoms with Crippen molar-refractivity contribution in [1.82, 2.24) is 15.2 Å². The Morgan fingerprint density at radius 3 is 2.74 bits per heavy atom. The van der Waals surface area contributed by atoms with E-state index in [0.717, 1.165) is 0 Å². The second-order valence-electron chi connectivity index (χ2n) is 6.06. The number of thioether (sulfide) groups is 1. The number of pyridine rings is 1. The van der Waals surface area contributed by atoms with Gasteiger partial charge < -0.3 is 20.3 Å². The zero-order valence-electron chi connectivity index (χ0n) is 14.5. The van der Waals surface area contributed by atoms with Crippen LogP contribution in [-0.4, -0.2) is 39.1 Å². The third-order valence-corrected chi connectivity index (χ3v) is 5.44. The Kier molecular flexibility index (Phi) is 5.50. The number of nitrogens with zero attached hydrogens (tertiary/aromatic N) is 1. The largest absolute Gasteiger partial charge is 0.502 e. The number of rotatable bonds is 4. The summed E-state index contributed by atoms with van der Waals surface area (Å²) < 4.78 is 12.9. The zero-order chi connectivity index (χ0) is 19.6. The van der Waals surface area contributed by atoms with Crippen LogP contribution in [0, 0.1) is 5.82 Å². The van der Waals surface area contributed by atoms with E-state index in [4.69, 9.17) is 0 Å². The lowest BCUT2D eigenvalue weighted by atomic mass is 10.1. The number of aromatic nitrogens is 1. The lowest BCUT2D eigenvalue weighted by Crippen LogP contribution is -2.30. The predicted molar refractivity (Wildman–Crippen MR) is 98.9 cm³/mol. The van der Waals surface area contributed by atoms with Gasteiger partial charge in [0.05, 0.1) is 11.3 Å². The molecule has 1 fully saturated rings. The van der Waals surface area contributed by atoms with Gasteiger partial charge in [-0.3, -0.25) is 14.4 Å². The molecule has 1 aromatic heterocycles. The van der Waals surface area contributed by atoms with Gasteiger partial charge in [-0.2, -0.15) is 0 Å². The van der Waals surface area contributed by atoms with Gasteiger partial charge in [0.25, 0.3) is 11.5 Å². The summed E-state index contributed by atoms with van der Waals surface area (Å²) in [4.78, 5) is 40.4. The number of aromatic hydroxyl groups is 1. The molecule has 1 aromatic carbocycles. The monoisotopic (exact) mass is 391 g/mol. The van der Waals surface area contributed by atoms with Crippen LogP contribution in [-0.2, 0) is 11.3 Å². The molecule has 9 heteroatoms. The first-order valence-electron chi connectivity index (χ1n) is 8.24. The molecular weight excluding hydrogens is 373 g/mol. The summed E-state index contributed by atoms with van der Waals surface area (Å²) in [5, 5.41) is 12.2. The maximum atomic E-state index is 12.9. The summed E-state index contributed by atoms with van der Waals surface area (Å²) in [6, 6.07) is 6.99. The molecule has 1 unspecified atom stereocenters. The van der Waals surface area contributed by atoms with Crippen molar-refractivity contribution in [3.05, 3.63) is 63.3 Å². The molecular formula is C18H18FN3O4S. The van der Waals surface area contributed by atoms with E-state index < -0.39 is 22.6 Å². The average molecular weight is 391 g/mol. The van der Waals surface area contributed by atoms with Gasteiger partial charge in [0, 0.05) is 25.8 Å². The summed E-state index contributed by atoms with van der Waals surface area (Å²) in [5.41, 5.74) is 0.0770. The molecule has 2 amide bonds. The van der Waals surface area contributed by atoms with Crippen LogP contribution < -0.4 is 10.9 Å². The van der Waals surface area contributed by atoms with Crippen LogP contribution in [0.5, 0.6) is 5.75 Å². The van der Waals surface area contributed by atoms with E-state index in [0.29, 0.717) is 23.6 Å². The van der Waals surface area contributed by atoms with E-state index in [1.54, 1.807) is 4.90 Å². The summed E-state index contributed by atoms with van der Waals surface area (Å²) >= 11 is 1.46.